The van der Waals surface area contributed by atoms with Crippen LogP contribution in [0.1, 0.15) is 17.7 Å². The number of piperidine rings is 1. The van der Waals surface area contributed by atoms with Gasteiger partial charge in [0.1, 0.15) is 11.2 Å². The van der Waals surface area contributed by atoms with Crippen molar-refractivity contribution >= 4 is 47.2 Å². The van der Waals surface area contributed by atoms with E-state index < -0.39 is 5.41 Å². The summed E-state index contributed by atoms with van der Waals surface area (Å²) in [6.07, 6.45) is 5.02. The number of carbonyl (C=O) groups is 1. The number of esters is 1. The lowest BCUT2D eigenvalue weighted by molar-refractivity contribution is -0.151. The Morgan fingerprint density at radius 2 is 1.97 bits per heavy atom. The molecule has 3 aromatic rings. The van der Waals surface area contributed by atoms with E-state index in [4.69, 9.17) is 27.9 Å². The maximum absolute atomic E-state index is 13.4. The van der Waals surface area contributed by atoms with Crippen molar-refractivity contribution in [2.24, 2.45) is 5.41 Å². The van der Waals surface area contributed by atoms with Gasteiger partial charge < -0.3 is 4.74 Å². The number of methoxy groups -OCH3 is 1. The van der Waals surface area contributed by atoms with Crippen LogP contribution in [0.5, 0.6) is 0 Å². The topological polar surface area (TPSA) is 47.4 Å². The predicted octanol–water partition coefficient (Wildman–Crippen LogP) is 5.83. The Kier molecular flexibility index (Phi) is 5.99. The number of carbonyl (C=O) groups excluding carboxylic acids is 1. The summed E-state index contributed by atoms with van der Waals surface area (Å²) in [5.41, 5.74) is 2.88. The molecule has 1 saturated heterocycles. The van der Waals surface area contributed by atoms with Gasteiger partial charge in [-0.15, -0.1) is 0 Å². The maximum Gasteiger partial charge on any atom is 0.317 e. The third kappa shape index (κ3) is 4.08. The lowest BCUT2D eigenvalue weighted by Gasteiger charge is -2.43. The van der Waals surface area contributed by atoms with Crippen LogP contribution < -0.4 is 0 Å². The number of aromatic nitrogens is 2. The average molecular weight is 504 g/mol. The van der Waals surface area contributed by atoms with E-state index in [-0.39, 0.29) is 11.8 Å². The number of rotatable bonds is 4. The van der Waals surface area contributed by atoms with Gasteiger partial charge in [0, 0.05) is 18.0 Å². The molecule has 0 N–H and O–H groups in total. The zero-order valence-electron chi connectivity index (χ0n) is 17.7. The molecule has 1 aliphatic carbocycles. The molecule has 5 rings (SSSR count). The summed E-state index contributed by atoms with van der Waals surface area (Å²) in [7, 11) is 1.43. The molecule has 9 heteroatoms. The van der Waals surface area contributed by atoms with Crippen LogP contribution in [-0.4, -0.2) is 40.3 Å². The lowest BCUT2D eigenvalue weighted by atomic mass is 9.69. The Hall–Kier alpha value is -2.32. The number of hydrogen-bond acceptors (Lipinski definition) is 5. The van der Waals surface area contributed by atoms with Gasteiger partial charge in [-0.3, -0.25) is 4.79 Å². The van der Waals surface area contributed by atoms with Gasteiger partial charge in [0.2, 0.25) is 0 Å². The maximum atomic E-state index is 13.4. The number of halogens is 3. The van der Waals surface area contributed by atoms with Crippen LogP contribution in [0.15, 0.2) is 59.1 Å². The highest BCUT2D eigenvalue weighted by Crippen LogP contribution is 2.47. The Morgan fingerprint density at radius 3 is 2.70 bits per heavy atom. The van der Waals surface area contributed by atoms with Crippen LogP contribution in [0.25, 0.3) is 11.8 Å². The minimum atomic E-state index is -0.792. The van der Waals surface area contributed by atoms with E-state index in [9.17, 15) is 9.18 Å². The first kappa shape index (κ1) is 22.5. The van der Waals surface area contributed by atoms with Crippen molar-refractivity contribution in [2.45, 2.75) is 17.7 Å². The molecule has 1 aliphatic heterocycles. The van der Waals surface area contributed by atoms with Crippen molar-refractivity contribution in [3.63, 3.8) is 0 Å². The van der Waals surface area contributed by atoms with Gasteiger partial charge in [-0.05, 0) is 84.5 Å². The largest absolute Gasteiger partial charge is 0.468 e. The highest BCUT2D eigenvalue weighted by molar-refractivity contribution is 7.97. The molecule has 0 amide bonds. The van der Waals surface area contributed by atoms with E-state index in [0.29, 0.717) is 29.4 Å². The molecule has 5 nitrogen and oxygen atoms in total. The lowest BCUT2D eigenvalue weighted by Crippen LogP contribution is -2.50. The van der Waals surface area contributed by atoms with Crippen molar-refractivity contribution in [3.05, 3.63) is 81.4 Å². The number of hydrogen-bond donors (Lipinski definition) is 0. The molecule has 2 aliphatic rings. The molecule has 2 heterocycles. The fraction of sp³-hybridized carbons (Fsp3) is 0.250. The minimum Gasteiger partial charge on any atom is -0.468 e. The second kappa shape index (κ2) is 8.80. The third-order valence-electron chi connectivity index (χ3n) is 6.15. The molecule has 1 atom stereocenters. The van der Waals surface area contributed by atoms with Crippen LogP contribution in [-0.2, 0) is 16.0 Å². The van der Waals surface area contributed by atoms with E-state index in [0.717, 1.165) is 34.0 Å². The molecule has 1 aromatic heterocycles. The van der Waals surface area contributed by atoms with E-state index in [1.54, 1.807) is 41.0 Å². The summed E-state index contributed by atoms with van der Waals surface area (Å²) >= 11 is 13.8. The summed E-state index contributed by atoms with van der Waals surface area (Å²) in [5.74, 6) is -0.553. The Balaban J connectivity index is 1.47. The highest BCUT2D eigenvalue weighted by atomic mass is 35.5. The SMILES string of the molecule is COC(=O)C12Cc3cnn(-c4ccc(F)cc4)c3C=C1CCN(Sc1ccc(Cl)c(Cl)c1)C2. The van der Waals surface area contributed by atoms with Gasteiger partial charge in [-0.2, -0.15) is 5.10 Å². The molecule has 0 saturated carbocycles. The van der Waals surface area contributed by atoms with Crippen LogP contribution in [0.4, 0.5) is 4.39 Å². The van der Waals surface area contributed by atoms with E-state index in [1.807, 2.05) is 18.2 Å². The molecule has 0 spiro atoms. The molecule has 1 fully saturated rings. The minimum absolute atomic E-state index is 0.256. The van der Waals surface area contributed by atoms with Crippen LogP contribution in [0, 0.1) is 11.2 Å². The van der Waals surface area contributed by atoms with E-state index >= 15 is 0 Å². The zero-order valence-corrected chi connectivity index (χ0v) is 20.1. The smallest absolute Gasteiger partial charge is 0.317 e. The second-order valence-electron chi connectivity index (χ2n) is 8.14. The molecule has 0 bridgehead atoms. The molecule has 170 valence electrons. The number of nitrogens with zero attached hydrogens (tertiary/aromatic N) is 3. The number of fused-ring (bicyclic) bond motifs is 2. The van der Waals surface area contributed by atoms with Crippen molar-refractivity contribution in [1.29, 1.82) is 0 Å². The van der Waals surface area contributed by atoms with E-state index in [1.165, 1.54) is 19.2 Å². The fourth-order valence-electron chi connectivity index (χ4n) is 4.53. The number of ether oxygens (including phenoxy) is 1. The average Bonchev–Trinajstić information content (AvgIpc) is 3.22. The first-order valence-corrected chi connectivity index (χ1v) is 11.9. The highest BCUT2D eigenvalue weighted by Gasteiger charge is 2.49. The summed E-state index contributed by atoms with van der Waals surface area (Å²) in [6.45, 7) is 1.26. The van der Waals surface area contributed by atoms with Gasteiger partial charge in [-0.25, -0.2) is 13.4 Å². The van der Waals surface area contributed by atoms with Crippen molar-refractivity contribution < 1.29 is 13.9 Å². The standard InChI is InChI=1S/C24H20Cl2FN3O2S/c1-32-23(31)24-12-15-13-28-30(18-4-2-17(27)3-5-18)22(15)10-16(24)8-9-29(14-24)33-19-6-7-20(25)21(26)11-19/h2-7,10-11,13H,8-9,12,14H2,1H3. The summed E-state index contributed by atoms with van der Waals surface area (Å²) in [6, 6.07) is 11.7. The molecular weight excluding hydrogens is 484 g/mol. The van der Waals surface area contributed by atoms with Gasteiger partial charge in [0.05, 0.1) is 34.7 Å². The normalized spacial score (nSPS) is 20.1. The second-order valence-corrected chi connectivity index (χ2v) is 10.1. The Morgan fingerprint density at radius 1 is 1.18 bits per heavy atom. The summed E-state index contributed by atoms with van der Waals surface area (Å²) in [4.78, 5) is 14.1. The predicted molar refractivity (Wildman–Crippen MR) is 128 cm³/mol. The molecule has 2 aromatic carbocycles. The van der Waals surface area contributed by atoms with Crippen molar-refractivity contribution in [1.82, 2.24) is 14.1 Å². The van der Waals surface area contributed by atoms with Crippen LogP contribution in [0.2, 0.25) is 10.0 Å². The quantitative estimate of drug-likeness (QED) is 0.331. The van der Waals surface area contributed by atoms with Crippen molar-refractivity contribution in [2.75, 3.05) is 20.2 Å². The number of benzene rings is 2. The van der Waals surface area contributed by atoms with Crippen LogP contribution >= 0.6 is 35.1 Å². The zero-order chi connectivity index (χ0) is 23.2. The Bertz CT molecular complexity index is 1260. The summed E-state index contributed by atoms with van der Waals surface area (Å²) in [5, 5.41) is 5.53. The molecule has 0 radical (unpaired) electrons. The first-order valence-electron chi connectivity index (χ1n) is 10.4. The molecular formula is C24H20Cl2FN3O2S. The van der Waals surface area contributed by atoms with Gasteiger partial charge >= 0.3 is 5.97 Å². The Labute approximate surface area is 205 Å². The van der Waals surface area contributed by atoms with Crippen molar-refractivity contribution in [3.8, 4) is 5.69 Å². The first-order chi connectivity index (χ1) is 15.9. The van der Waals surface area contributed by atoms with Gasteiger partial charge in [0.25, 0.3) is 0 Å². The molecule has 1 unspecified atom stereocenters. The third-order valence-corrected chi connectivity index (χ3v) is 7.93. The monoisotopic (exact) mass is 503 g/mol. The van der Waals surface area contributed by atoms with Gasteiger partial charge in [-0.1, -0.05) is 23.2 Å². The van der Waals surface area contributed by atoms with Crippen LogP contribution in [0.3, 0.4) is 0 Å². The van der Waals surface area contributed by atoms with E-state index in [2.05, 4.69) is 9.40 Å². The molecule has 33 heavy (non-hydrogen) atoms. The van der Waals surface area contributed by atoms with Gasteiger partial charge in [0.15, 0.2) is 0 Å². The summed E-state index contributed by atoms with van der Waals surface area (Å²) < 4.78 is 22.6. The fourth-order valence-corrected chi connectivity index (χ4v) is 5.96.